The minimum atomic E-state index is 0.373. The molecule has 2 aromatic rings. The van der Waals surface area contributed by atoms with Gasteiger partial charge < -0.3 is 4.74 Å². The second kappa shape index (κ2) is 4.93. The number of aldehydes is 1. The van der Waals surface area contributed by atoms with Crippen LogP contribution in [0.2, 0.25) is 5.02 Å². The third kappa shape index (κ3) is 2.26. The van der Waals surface area contributed by atoms with E-state index in [9.17, 15) is 4.79 Å². The van der Waals surface area contributed by atoms with Crippen LogP contribution in [0.3, 0.4) is 0 Å². The van der Waals surface area contributed by atoms with Gasteiger partial charge in [0.2, 0.25) is 5.88 Å². The SMILES string of the molecule is COc1nccnc1-c1ccc(Cl)cc1C=O. The van der Waals surface area contributed by atoms with E-state index in [1.807, 2.05) is 0 Å². The van der Waals surface area contributed by atoms with Crippen molar-refractivity contribution in [1.29, 1.82) is 0 Å². The van der Waals surface area contributed by atoms with Gasteiger partial charge in [0.1, 0.15) is 5.69 Å². The Kier molecular flexibility index (Phi) is 3.35. The summed E-state index contributed by atoms with van der Waals surface area (Å²) in [4.78, 5) is 19.2. The van der Waals surface area contributed by atoms with Crippen LogP contribution < -0.4 is 4.74 Å². The van der Waals surface area contributed by atoms with Crippen molar-refractivity contribution >= 4 is 17.9 Å². The molecule has 86 valence electrons. The molecule has 1 heterocycles. The first kappa shape index (κ1) is 11.5. The molecule has 5 heteroatoms. The van der Waals surface area contributed by atoms with E-state index in [-0.39, 0.29) is 0 Å². The lowest BCUT2D eigenvalue weighted by molar-refractivity contribution is 0.112. The standard InChI is InChI=1S/C12H9ClN2O2/c1-17-12-11(14-4-5-15-12)10-3-2-9(13)6-8(10)7-16/h2-7H,1H3. The lowest BCUT2D eigenvalue weighted by Gasteiger charge is -2.08. The highest BCUT2D eigenvalue weighted by Crippen LogP contribution is 2.29. The fraction of sp³-hybridized carbons (Fsp3) is 0.0833. The number of carbonyl (C=O) groups excluding carboxylic acids is 1. The first-order valence-corrected chi connectivity index (χ1v) is 5.24. The molecular weight excluding hydrogens is 240 g/mol. The van der Waals surface area contributed by atoms with Crippen LogP contribution in [0.5, 0.6) is 5.88 Å². The summed E-state index contributed by atoms with van der Waals surface area (Å²) in [5, 5.41) is 0.499. The molecule has 0 aliphatic rings. The average molecular weight is 249 g/mol. The van der Waals surface area contributed by atoms with Crippen molar-refractivity contribution in [2.24, 2.45) is 0 Å². The van der Waals surface area contributed by atoms with E-state index in [0.29, 0.717) is 27.7 Å². The Morgan fingerprint density at radius 2 is 2.06 bits per heavy atom. The molecule has 0 aliphatic carbocycles. The van der Waals surface area contributed by atoms with Crippen LogP contribution in [0.15, 0.2) is 30.6 Å². The van der Waals surface area contributed by atoms with Crippen molar-refractivity contribution in [2.45, 2.75) is 0 Å². The predicted octanol–water partition coefficient (Wildman–Crippen LogP) is 2.62. The highest BCUT2D eigenvalue weighted by molar-refractivity contribution is 6.31. The minimum absolute atomic E-state index is 0.373. The minimum Gasteiger partial charge on any atom is -0.479 e. The summed E-state index contributed by atoms with van der Waals surface area (Å²) in [6.45, 7) is 0. The van der Waals surface area contributed by atoms with E-state index < -0.39 is 0 Å². The maximum Gasteiger partial charge on any atom is 0.240 e. The van der Waals surface area contributed by atoms with Gasteiger partial charge in [-0.05, 0) is 12.1 Å². The van der Waals surface area contributed by atoms with Crippen LogP contribution in [-0.4, -0.2) is 23.4 Å². The number of halogens is 1. The summed E-state index contributed by atoms with van der Waals surface area (Å²) in [5.74, 6) is 0.373. The summed E-state index contributed by atoms with van der Waals surface area (Å²) in [6.07, 6.45) is 3.80. The van der Waals surface area contributed by atoms with Gasteiger partial charge in [0.15, 0.2) is 6.29 Å². The molecule has 0 bridgehead atoms. The number of hydrogen-bond donors (Lipinski definition) is 0. The van der Waals surface area contributed by atoms with E-state index in [1.165, 1.54) is 13.3 Å². The van der Waals surface area contributed by atoms with E-state index >= 15 is 0 Å². The second-order valence-corrected chi connectivity index (χ2v) is 3.70. The van der Waals surface area contributed by atoms with Crippen LogP contribution in [-0.2, 0) is 0 Å². The van der Waals surface area contributed by atoms with Gasteiger partial charge in [0.25, 0.3) is 0 Å². The molecule has 0 fully saturated rings. The van der Waals surface area contributed by atoms with Crippen molar-refractivity contribution in [3.05, 3.63) is 41.2 Å². The Bertz CT molecular complexity index is 558. The highest BCUT2D eigenvalue weighted by atomic mass is 35.5. The van der Waals surface area contributed by atoms with E-state index in [4.69, 9.17) is 16.3 Å². The van der Waals surface area contributed by atoms with Gasteiger partial charge >= 0.3 is 0 Å². The van der Waals surface area contributed by atoms with Gasteiger partial charge in [0, 0.05) is 28.5 Å². The maximum absolute atomic E-state index is 11.0. The molecule has 0 N–H and O–H groups in total. The second-order valence-electron chi connectivity index (χ2n) is 3.26. The normalized spacial score (nSPS) is 10.0. The first-order chi connectivity index (χ1) is 8.26. The molecule has 0 saturated heterocycles. The number of rotatable bonds is 3. The Morgan fingerprint density at radius 3 is 2.76 bits per heavy atom. The zero-order valence-corrected chi connectivity index (χ0v) is 9.81. The fourth-order valence-electron chi connectivity index (χ4n) is 1.51. The number of nitrogens with zero attached hydrogens (tertiary/aromatic N) is 2. The van der Waals surface area contributed by atoms with Crippen LogP contribution in [0.1, 0.15) is 10.4 Å². The summed E-state index contributed by atoms with van der Waals surface area (Å²) < 4.78 is 5.11. The molecule has 0 amide bonds. The molecule has 4 nitrogen and oxygen atoms in total. The van der Waals surface area contributed by atoms with Crippen LogP contribution in [0.25, 0.3) is 11.3 Å². The molecule has 17 heavy (non-hydrogen) atoms. The van der Waals surface area contributed by atoms with Crippen molar-refractivity contribution in [2.75, 3.05) is 7.11 Å². The number of aromatic nitrogens is 2. The molecule has 1 aromatic heterocycles. The van der Waals surface area contributed by atoms with Gasteiger partial charge in [-0.1, -0.05) is 17.7 Å². The number of ether oxygens (including phenoxy) is 1. The Balaban J connectivity index is 2.63. The van der Waals surface area contributed by atoms with Gasteiger partial charge in [-0.2, -0.15) is 0 Å². The summed E-state index contributed by atoms with van der Waals surface area (Å²) >= 11 is 5.83. The molecule has 0 spiro atoms. The molecule has 0 radical (unpaired) electrons. The number of hydrogen-bond acceptors (Lipinski definition) is 4. The van der Waals surface area contributed by atoms with Crippen LogP contribution >= 0.6 is 11.6 Å². The molecule has 0 atom stereocenters. The zero-order valence-electron chi connectivity index (χ0n) is 9.05. The van der Waals surface area contributed by atoms with Gasteiger partial charge in [-0.15, -0.1) is 0 Å². The Hall–Kier alpha value is -1.94. The molecular formula is C12H9ClN2O2. The van der Waals surface area contributed by atoms with Gasteiger partial charge in [-0.3, -0.25) is 4.79 Å². The first-order valence-electron chi connectivity index (χ1n) is 4.86. The van der Waals surface area contributed by atoms with Crippen molar-refractivity contribution in [1.82, 2.24) is 9.97 Å². The summed E-state index contributed by atoms with van der Waals surface area (Å²) in [5.41, 5.74) is 1.62. The lowest BCUT2D eigenvalue weighted by Crippen LogP contribution is -1.96. The average Bonchev–Trinajstić information content (AvgIpc) is 2.38. The van der Waals surface area contributed by atoms with E-state index in [1.54, 1.807) is 24.4 Å². The number of benzene rings is 1. The molecule has 1 aromatic carbocycles. The molecule has 0 unspecified atom stereocenters. The number of methoxy groups -OCH3 is 1. The Morgan fingerprint density at radius 1 is 1.29 bits per heavy atom. The fourth-order valence-corrected chi connectivity index (χ4v) is 1.69. The number of carbonyl (C=O) groups is 1. The van der Waals surface area contributed by atoms with E-state index in [0.717, 1.165) is 6.29 Å². The Labute approximate surface area is 103 Å². The van der Waals surface area contributed by atoms with Gasteiger partial charge in [-0.25, -0.2) is 9.97 Å². The van der Waals surface area contributed by atoms with Crippen molar-refractivity contribution in [3.8, 4) is 17.1 Å². The molecule has 0 aliphatic heterocycles. The highest BCUT2D eigenvalue weighted by Gasteiger charge is 2.12. The topological polar surface area (TPSA) is 52.1 Å². The van der Waals surface area contributed by atoms with Gasteiger partial charge in [0.05, 0.1) is 7.11 Å². The summed E-state index contributed by atoms with van der Waals surface area (Å²) in [6, 6.07) is 4.99. The van der Waals surface area contributed by atoms with E-state index in [2.05, 4.69) is 9.97 Å². The monoisotopic (exact) mass is 248 g/mol. The smallest absolute Gasteiger partial charge is 0.240 e. The largest absolute Gasteiger partial charge is 0.479 e. The van der Waals surface area contributed by atoms with Crippen molar-refractivity contribution in [3.63, 3.8) is 0 Å². The molecule has 2 rings (SSSR count). The lowest BCUT2D eigenvalue weighted by atomic mass is 10.1. The van der Waals surface area contributed by atoms with Crippen LogP contribution in [0, 0.1) is 0 Å². The molecule has 0 saturated carbocycles. The zero-order chi connectivity index (χ0) is 12.3. The van der Waals surface area contributed by atoms with Crippen molar-refractivity contribution < 1.29 is 9.53 Å². The summed E-state index contributed by atoms with van der Waals surface area (Å²) in [7, 11) is 1.50. The maximum atomic E-state index is 11.0. The third-order valence-corrected chi connectivity index (χ3v) is 2.49. The predicted molar refractivity (Wildman–Crippen MR) is 64.4 cm³/mol. The quantitative estimate of drug-likeness (QED) is 0.784. The van der Waals surface area contributed by atoms with Crippen LogP contribution in [0.4, 0.5) is 0 Å². The third-order valence-electron chi connectivity index (χ3n) is 2.25.